The number of carbonyl (C=O) groups excluding carboxylic acids is 1. The van der Waals surface area contributed by atoms with Crippen molar-refractivity contribution in [3.8, 4) is 0 Å². The molecule has 0 spiro atoms. The molecule has 0 saturated carbocycles. The van der Waals surface area contributed by atoms with Gasteiger partial charge < -0.3 is 4.74 Å². The molecule has 0 aliphatic rings. The molecule has 0 N–H and O–H groups in total. The summed E-state index contributed by atoms with van der Waals surface area (Å²) in [6.45, 7) is 3.97. The van der Waals surface area contributed by atoms with Crippen molar-refractivity contribution in [2.24, 2.45) is 0 Å². The molecule has 0 radical (unpaired) electrons. The molecule has 0 bridgehead atoms. The summed E-state index contributed by atoms with van der Waals surface area (Å²) >= 11 is 6.02. The lowest BCUT2D eigenvalue weighted by Gasteiger charge is -2.05. The van der Waals surface area contributed by atoms with Crippen LogP contribution in [0.1, 0.15) is 30.2 Å². The summed E-state index contributed by atoms with van der Waals surface area (Å²) in [6.07, 6.45) is 1.46. The fourth-order valence-electron chi connectivity index (χ4n) is 1.58. The third-order valence-corrected chi connectivity index (χ3v) is 2.69. The van der Waals surface area contributed by atoms with Crippen molar-refractivity contribution in [2.45, 2.75) is 19.9 Å². The topological polar surface area (TPSA) is 57.0 Å². The highest BCUT2D eigenvalue weighted by Gasteiger charge is 2.15. The first-order valence-electron chi connectivity index (χ1n) is 5.16. The van der Waals surface area contributed by atoms with Gasteiger partial charge in [0.25, 0.3) is 0 Å². The molecule has 90 valence electrons. The van der Waals surface area contributed by atoms with E-state index in [1.165, 1.54) is 13.3 Å². The van der Waals surface area contributed by atoms with Crippen LogP contribution in [-0.2, 0) is 4.74 Å². The quantitative estimate of drug-likeness (QED) is 0.772. The average Bonchev–Trinajstić information content (AvgIpc) is 2.65. The molecule has 0 fully saturated rings. The van der Waals surface area contributed by atoms with Crippen LogP contribution in [0.2, 0.25) is 5.15 Å². The number of esters is 1. The molecule has 5 nitrogen and oxygen atoms in total. The van der Waals surface area contributed by atoms with Crippen molar-refractivity contribution in [1.29, 1.82) is 0 Å². The van der Waals surface area contributed by atoms with Gasteiger partial charge in [-0.25, -0.2) is 14.5 Å². The van der Waals surface area contributed by atoms with Crippen LogP contribution in [0.4, 0.5) is 0 Å². The van der Waals surface area contributed by atoms with Gasteiger partial charge in [0.15, 0.2) is 10.8 Å². The SMILES string of the molecule is COC(=O)c1cnc2c(c1)c(Cl)nn2C(C)C. The fourth-order valence-corrected chi connectivity index (χ4v) is 1.80. The number of carbonyl (C=O) groups is 1. The predicted molar refractivity (Wildman–Crippen MR) is 64.3 cm³/mol. The van der Waals surface area contributed by atoms with Crippen LogP contribution in [0.3, 0.4) is 0 Å². The summed E-state index contributed by atoms with van der Waals surface area (Å²) in [5.74, 6) is -0.437. The maximum Gasteiger partial charge on any atom is 0.339 e. The highest BCUT2D eigenvalue weighted by molar-refractivity contribution is 6.34. The van der Waals surface area contributed by atoms with Crippen LogP contribution in [-0.4, -0.2) is 27.8 Å². The zero-order valence-electron chi connectivity index (χ0n) is 9.77. The first-order chi connectivity index (χ1) is 8.04. The molecule has 2 aromatic heterocycles. The summed E-state index contributed by atoms with van der Waals surface area (Å²) in [4.78, 5) is 15.6. The number of aromatic nitrogens is 3. The third-order valence-electron chi connectivity index (χ3n) is 2.41. The summed E-state index contributed by atoms with van der Waals surface area (Å²) in [6, 6.07) is 1.80. The number of rotatable bonds is 2. The number of hydrogen-bond acceptors (Lipinski definition) is 4. The van der Waals surface area contributed by atoms with E-state index in [0.717, 1.165) is 0 Å². The maximum atomic E-state index is 11.4. The van der Waals surface area contributed by atoms with Gasteiger partial charge in [0.05, 0.1) is 18.1 Å². The molecule has 17 heavy (non-hydrogen) atoms. The van der Waals surface area contributed by atoms with E-state index in [4.69, 9.17) is 11.6 Å². The van der Waals surface area contributed by atoms with Crippen molar-refractivity contribution in [2.75, 3.05) is 7.11 Å². The molecule has 0 saturated heterocycles. The maximum absolute atomic E-state index is 11.4. The normalized spacial score (nSPS) is 11.1. The molecule has 0 aliphatic carbocycles. The van der Waals surface area contributed by atoms with Gasteiger partial charge in [0, 0.05) is 12.2 Å². The Morgan fingerprint density at radius 1 is 1.53 bits per heavy atom. The molecule has 0 aliphatic heterocycles. The lowest BCUT2D eigenvalue weighted by Crippen LogP contribution is -2.05. The summed E-state index contributed by atoms with van der Waals surface area (Å²) in [5, 5.41) is 5.18. The second-order valence-corrected chi connectivity index (χ2v) is 4.27. The standard InChI is InChI=1S/C11H12ClN3O2/c1-6(2)15-10-8(9(12)14-15)4-7(5-13-10)11(16)17-3/h4-6H,1-3H3. The minimum Gasteiger partial charge on any atom is -0.465 e. The predicted octanol–water partition coefficient (Wildman–Crippen LogP) is 2.45. The van der Waals surface area contributed by atoms with Gasteiger partial charge in [-0.15, -0.1) is 0 Å². The van der Waals surface area contributed by atoms with E-state index in [2.05, 4.69) is 14.8 Å². The molecule has 0 atom stereocenters. The number of fused-ring (bicyclic) bond motifs is 1. The molecule has 0 aromatic carbocycles. The number of nitrogens with zero attached hydrogens (tertiary/aromatic N) is 3. The number of ether oxygens (including phenoxy) is 1. The van der Waals surface area contributed by atoms with Crippen molar-refractivity contribution in [3.63, 3.8) is 0 Å². The summed E-state index contributed by atoms with van der Waals surface area (Å²) < 4.78 is 6.35. The van der Waals surface area contributed by atoms with Crippen LogP contribution < -0.4 is 0 Å². The van der Waals surface area contributed by atoms with E-state index in [1.54, 1.807) is 10.7 Å². The lowest BCUT2D eigenvalue weighted by atomic mass is 10.2. The smallest absolute Gasteiger partial charge is 0.339 e. The largest absolute Gasteiger partial charge is 0.465 e. The summed E-state index contributed by atoms with van der Waals surface area (Å²) in [5.41, 5.74) is 1.03. The number of halogens is 1. The van der Waals surface area contributed by atoms with E-state index in [1.807, 2.05) is 13.8 Å². The Morgan fingerprint density at radius 3 is 2.82 bits per heavy atom. The van der Waals surface area contributed by atoms with Gasteiger partial charge in [0.1, 0.15) is 0 Å². The van der Waals surface area contributed by atoms with Crippen molar-refractivity contribution in [3.05, 3.63) is 23.0 Å². The second kappa shape index (κ2) is 4.33. The Balaban J connectivity index is 2.63. The molecular weight excluding hydrogens is 242 g/mol. The molecule has 2 heterocycles. The first kappa shape index (κ1) is 11.9. The first-order valence-corrected chi connectivity index (χ1v) is 5.54. The Bertz CT molecular complexity index is 577. The van der Waals surface area contributed by atoms with Crippen molar-refractivity contribution < 1.29 is 9.53 Å². The van der Waals surface area contributed by atoms with Gasteiger partial charge in [-0.05, 0) is 19.9 Å². The van der Waals surface area contributed by atoms with Crippen molar-refractivity contribution >= 4 is 28.6 Å². The molecule has 2 aromatic rings. The molecule has 0 unspecified atom stereocenters. The minimum absolute atomic E-state index is 0.154. The summed E-state index contributed by atoms with van der Waals surface area (Å²) in [7, 11) is 1.33. The van der Waals surface area contributed by atoms with Gasteiger partial charge in [-0.1, -0.05) is 11.6 Å². The monoisotopic (exact) mass is 253 g/mol. The van der Waals surface area contributed by atoms with Crippen molar-refractivity contribution in [1.82, 2.24) is 14.8 Å². The van der Waals surface area contributed by atoms with E-state index >= 15 is 0 Å². The van der Waals surface area contributed by atoms with Crippen LogP contribution in [0.5, 0.6) is 0 Å². The molecule has 6 heteroatoms. The Kier molecular flexibility index (Phi) is 3.02. The zero-order valence-corrected chi connectivity index (χ0v) is 10.5. The lowest BCUT2D eigenvalue weighted by molar-refractivity contribution is 0.0600. The Labute approximate surface area is 103 Å². The van der Waals surface area contributed by atoms with Crippen LogP contribution in [0.15, 0.2) is 12.3 Å². The van der Waals surface area contributed by atoms with Crippen LogP contribution in [0.25, 0.3) is 11.0 Å². The Morgan fingerprint density at radius 2 is 2.24 bits per heavy atom. The highest BCUT2D eigenvalue weighted by Crippen LogP contribution is 2.24. The second-order valence-electron chi connectivity index (χ2n) is 3.92. The van der Waals surface area contributed by atoms with Gasteiger partial charge >= 0.3 is 5.97 Å². The average molecular weight is 254 g/mol. The van der Waals surface area contributed by atoms with E-state index in [0.29, 0.717) is 21.7 Å². The third kappa shape index (κ3) is 1.98. The van der Waals surface area contributed by atoms with Gasteiger partial charge in [-0.3, -0.25) is 0 Å². The van der Waals surface area contributed by atoms with Gasteiger partial charge in [0.2, 0.25) is 0 Å². The number of pyridine rings is 1. The van der Waals surface area contributed by atoms with Gasteiger partial charge in [-0.2, -0.15) is 5.10 Å². The highest BCUT2D eigenvalue weighted by atomic mass is 35.5. The Hall–Kier alpha value is -1.62. The zero-order chi connectivity index (χ0) is 12.6. The minimum atomic E-state index is -0.437. The van der Waals surface area contributed by atoms with E-state index in [9.17, 15) is 4.79 Å². The number of hydrogen-bond donors (Lipinski definition) is 0. The van der Waals surface area contributed by atoms with E-state index in [-0.39, 0.29) is 6.04 Å². The van der Waals surface area contributed by atoms with Crippen LogP contribution in [0, 0.1) is 0 Å². The number of methoxy groups -OCH3 is 1. The molecule has 0 amide bonds. The molecular formula is C11H12ClN3O2. The molecule has 2 rings (SSSR count). The van der Waals surface area contributed by atoms with Crippen LogP contribution >= 0.6 is 11.6 Å². The van der Waals surface area contributed by atoms with E-state index < -0.39 is 5.97 Å². The fraction of sp³-hybridized carbons (Fsp3) is 0.364.